The number of nitrogens with zero attached hydrogens (tertiary/aromatic N) is 1. The predicted octanol–water partition coefficient (Wildman–Crippen LogP) is 2.46. The Morgan fingerprint density at radius 1 is 0.905 bits per heavy atom. The Morgan fingerprint density at radius 3 is 2.10 bits per heavy atom. The Morgan fingerprint density at radius 2 is 1.48 bits per heavy atom. The van der Waals surface area contributed by atoms with Crippen LogP contribution < -0.4 is 5.32 Å². The molecule has 0 aliphatic carbocycles. The number of carbonyl (C=O) groups is 1. The molecule has 0 atom stereocenters. The zero-order chi connectivity index (χ0) is 15.1. The maximum atomic E-state index is 11.5. The van der Waals surface area contributed by atoms with Crippen LogP contribution in [0.3, 0.4) is 0 Å². The Labute approximate surface area is 126 Å². The molecular formula is C18H22N2O. The van der Waals surface area contributed by atoms with Crippen LogP contribution in [0.2, 0.25) is 0 Å². The van der Waals surface area contributed by atoms with Crippen molar-refractivity contribution < 1.29 is 4.79 Å². The van der Waals surface area contributed by atoms with Gasteiger partial charge in [-0.25, -0.2) is 0 Å². The minimum absolute atomic E-state index is 0.0932. The molecule has 0 aliphatic heterocycles. The summed E-state index contributed by atoms with van der Waals surface area (Å²) in [6.45, 7) is 1.09. The van der Waals surface area contributed by atoms with E-state index in [1.54, 1.807) is 19.0 Å². The molecule has 0 aromatic heterocycles. The summed E-state index contributed by atoms with van der Waals surface area (Å²) in [6.07, 6.45) is 0.952. The number of benzene rings is 2. The van der Waals surface area contributed by atoms with Gasteiger partial charge >= 0.3 is 0 Å². The van der Waals surface area contributed by atoms with Gasteiger partial charge in [-0.2, -0.15) is 0 Å². The van der Waals surface area contributed by atoms with Crippen molar-refractivity contribution in [3.8, 4) is 0 Å². The molecule has 2 rings (SSSR count). The topological polar surface area (TPSA) is 32.3 Å². The minimum Gasteiger partial charge on any atom is -0.348 e. The lowest BCUT2D eigenvalue weighted by Crippen LogP contribution is -2.32. The second-order valence-electron chi connectivity index (χ2n) is 5.37. The third kappa shape index (κ3) is 5.04. The summed E-state index contributed by atoms with van der Waals surface area (Å²) in [5.74, 6) is 0.0932. The highest BCUT2D eigenvalue weighted by atomic mass is 16.2. The van der Waals surface area contributed by atoms with Crippen LogP contribution in [0.15, 0.2) is 54.6 Å². The predicted molar refractivity (Wildman–Crippen MR) is 86.1 cm³/mol. The highest BCUT2D eigenvalue weighted by Crippen LogP contribution is 2.10. The highest BCUT2D eigenvalue weighted by Gasteiger charge is 2.02. The Balaban J connectivity index is 1.83. The molecule has 3 nitrogen and oxygen atoms in total. The van der Waals surface area contributed by atoms with Gasteiger partial charge in [-0.1, -0.05) is 54.6 Å². The molecule has 21 heavy (non-hydrogen) atoms. The van der Waals surface area contributed by atoms with E-state index in [0.717, 1.165) is 6.42 Å². The van der Waals surface area contributed by atoms with Gasteiger partial charge < -0.3 is 10.2 Å². The second-order valence-corrected chi connectivity index (χ2v) is 5.37. The lowest BCUT2D eigenvalue weighted by atomic mass is 10.0. The van der Waals surface area contributed by atoms with Gasteiger partial charge in [-0.05, 0) is 23.1 Å². The Bertz CT molecular complexity index is 562. The van der Waals surface area contributed by atoms with E-state index in [9.17, 15) is 4.79 Å². The van der Waals surface area contributed by atoms with E-state index in [4.69, 9.17) is 0 Å². The summed E-state index contributed by atoms with van der Waals surface area (Å²) in [5, 5.41) is 3.16. The van der Waals surface area contributed by atoms with Crippen LogP contribution in [0.25, 0.3) is 0 Å². The molecular weight excluding hydrogens is 260 g/mol. The number of amides is 1. The summed E-state index contributed by atoms with van der Waals surface area (Å²) in [6, 6.07) is 19.0. The molecule has 0 radical (unpaired) electrons. The lowest BCUT2D eigenvalue weighted by molar-refractivity contribution is -0.127. The van der Waals surface area contributed by atoms with E-state index in [1.807, 2.05) is 6.07 Å². The molecule has 0 fully saturated rings. The SMILES string of the molecule is CN(C)C(=O)CNCc1ccc(Cc2ccccc2)cc1. The molecule has 110 valence electrons. The van der Waals surface area contributed by atoms with Crippen LogP contribution in [0.4, 0.5) is 0 Å². The molecule has 0 heterocycles. The first kappa shape index (κ1) is 15.3. The molecule has 3 heteroatoms. The fourth-order valence-corrected chi connectivity index (χ4v) is 2.08. The van der Waals surface area contributed by atoms with E-state index in [-0.39, 0.29) is 5.91 Å². The largest absolute Gasteiger partial charge is 0.348 e. The normalized spacial score (nSPS) is 10.4. The van der Waals surface area contributed by atoms with E-state index in [2.05, 4.69) is 53.8 Å². The van der Waals surface area contributed by atoms with Crippen molar-refractivity contribution >= 4 is 5.91 Å². The molecule has 0 unspecified atom stereocenters. The lowest BCUT2D eigenvalue weighted by Gasteiger charge is -2.11. The molecule has 0 bridgehead atoms. The molecule has 1 amide bonds. The molecule has 1 N–H and O–H groups in total. The van der Waals surface area contributed by atoms with E-state index < -0.39 is 0 Å². The fourth-order valence-electron chi connectivity index (χ4n) is 2.08. The summed E-state index contributed by atoms with van der Waals surface area (Å²) in [4.78, 5) is 13.0. The van der Waals surface area contributed by atoms with Crippen molar-refractivity contribution in [1.82, 2.24) is 10.2 Å². The Hall–Kier alpha value is -2.13. The second kappa shape index (κ2) is 7.60. The number of likely N-dealkylation sites (N-methyl/N-ethyl adjacent to an activating group) is 1. The first-order chi connectivity index (χ1) is 10.1. The molecule has 0 saturated heterocycles. The molecule has 0 spiro atoms. The minimum atomic E-state index is 0.0932. The van der Waals surface area contributed by atoms with Crippen molar-refractivity contribution in [3.05, 3.63) is 71.3 Å². The third-order valence-corrected chi connectivity index (χ3v) is 3.38. The maximum absolute atomic E-state index is 11.5. The monoisotopic (exact) mass is 282 g/mol. The van der Waals surface area contributed by atoms with E-state index >= 15 is 0 Å². The summed E-state index contributed by atoms with van der Waals surface area (Å²) in [5.41, 5.74) is 3.81. The molecule has 2 aromatic rings. The van der Waals surface area contributed by atoms with Crippen LogP contribution in [-0.4, -0.2) is 31.4 Å². The zero-order valence-corrected chi connectivity index (χ0v) is 12.7. The fraction of sp³-hybridized carbons (Fsp3) is 0.278. The van der Waals surface area contributed by atoms with Gasteiger partial charge in [0.15, 0.2) is 0 Å². The van der Waals surface area contributed by atoms with Gasteiger partial charge in [-0.3, -0.25) is 4.79 Å². The Kier molecular flexibility index (Phi) is 5.52. The van der Waals surface area contributed by atoms with Gasteiger partial charge in [0.25, 0.3) is 0 Å². The first-order valence-electron chi connectivity index (χ1n) is 7.18. The summed E-state index contributed by atoms with van der Waals surface area (Å²) >= 11 is 0. The average molecular weight is 282 g/mol. The standard InChI is InChI=1S/C18H22N2O/c1-20(2)18(21)14-19-13-17-10-8-16(9-11-17)12-15-6-4-3-5-7-15/h3-11,19H,12-14H2,1-2H3. The molecule has 0 saturated carbocycles. The summed E-state index contributed by atoms with van der Waals surface area (Å²) in [7, 11) is 3.53. The quantitative estimate of drug-likeness (QED) is 0.882. The van der Waals surface area contributed by atoms with E-state index in [1.165, 1.54) is 16.7 Å². The number of carbonyl (C=O) groups excluding carboxylic acids is 1. The van der Waals surface area contributed by atoms with Gasteiger partial charge in [-0.15, -0.1) is 0 Å². The van der Waals surface area contributed by atoms with Crippen molar-refractivity contribution in [3.63, 3.8) is 0 Å². The average Bonchev–Trinajstić information content (AvgIpc) is 2.50. The van der Waals surface area contributed by atoms with Gasteiger partial charge in [0.1, 0.15) is 0 Å². The van der Waals surface area contributed by atoms with Crippen molar-refractivity contribution in [2.45, 2.75) is 13.0 Å². The number of hydrogen-bond donors (Lipinski definition) is 1. The zero-order valence-electron chi connectivity index (χ0n) is 12.7. The smallest absolute Gasteiger partial charge is 0.236 e. The third-order valence-electron chi connectivity index (χ3n) is 3.38. The number of hydrogen-bond acceptors (Lipinski definition) is 2. The van der Waals surface area contributed by atoms with Crippen LogP contribution in [0.1, 0.15) is 16.7 Å². The van der Waals surface area contributed by atoms with Crippen LogP contribution in [-0.2, 0) is 17.8 Å². The van der Waals surface area contributed by atoms with Crippen molar-refractivity contribution in [2.75, 3.05) is 20.6 Å². The van der Waals surface area contributed by atoms with Crippen LogP contribution >= 0.6 is 0 Å². The summed E-state index contributed by atoms with van der Waals surface area (Å²) < 4.78 is 0. The number of nitrogens with one attached hydrogen (secondary N) is 1. The van der Waals surface area contributed by atoms with Crippen LogP contribution in [0.5, 0.6) is 0 Å². The molecule has 2 aromatic carbocycles. The van der Waals surface area contributed by atoms with Gasteiger partial charge in [0.2, 0.25) is 5.91 Å². The molecule has 0 aliphatic rings. The van der Waals surface area contributed by atoms with Crippen LogP contribution in [0, 0.1) is 0 Å². The van der Waals surface area contributed by atoms with Crippen molar-refractivity contribution in [1.29, 1.82) is 0 Å². The maximum Gasteiger partial charge on any atom is 0.236 e. The number of rotatable bonds is 6. The van der Waals surface area contributed by atoms with Gasteiger partial charge in [0.05, 0.1) is 6.54 Å². The highest BCUT2D eigenvalue weighted by molar-refractivity contribution is 5.77. The van der Waals surface area contributed by atoms with Gasteiger partial charge in [0, 0.05) is 20.6 Å². The van der Waals surface area contributed by atoms with E-state index in [0.29, 0.717) is 13.1 Å². The van der Waals surface area contributed by atoms with Crippen molar-refractivity contribution in [2.24, 2.45) is 0 Å². The first-order valence-corrected chi connectivity index (χ1v) is 7.18.